The number of hydrogen-bond donors (Lipinski definition) is 1. The van der Waals surface area contributed by atoms with Gasteiger partial charge in [-0.05, 0) is 43.7 Å². The minimum absolute atomic E-state index is 0.0155. The molecule has 1 unspecified atom stereocenters. The molecule has 1 saturated heterocycles. The zero-order valence-corrected chi connectivity index (χ0v) is 14.2. The lowest BCUT2D eigenvalue weighted by atomic mass is 9.92. The standard InChI is InChI=1S/C19H21N3O3/c1-13-16(25-12-20-13)18(24)22-9-7-19(8-10-22)11-15(19)21-17(23)14-5-3-2-4-6-14/h2-6,12,15H,7-11H2,1H3,(H,21,23). The highest BCUT2D eigenvalue weighted by molar-refractivity contribution is 5.94. The van der Waals surface area contributed by atoms with E-state index in [1.807, 2.05) is 35.2 Å². The van der Waals surface area contributed by atoms with Crippen LogP contribution in [0.4, 0.5) is 0 Å². The van der Waals surface area contributed by atoms with Gasteiger partial charge in [-0.15, -0.1) is 0 Å². The van der Waals surface area contributed by atoms with Gasteiger partial charge in [0.15, 0.2) is 6.39 Å². The van der Waals surface area contributed by atoms with Crippen LogP contribution in [0.3, 0.4) is 0 Å². The van der Waals surface area contributed by atoms with Crippen LogP contribution >= 0.6 is 0 Å². The van der Waals surface area contributed by atoms with Gasteiger partial charge in [-0.2, -0.15) is 0 Å². The molecule has 1 saturated carbocycles. The third-order valence-corrected chi connectivity index (χ3v) is 5.52. The lowest BCUT2D eigenvalue weighted by molar-refractivity contribution is 0.0635. The number of aryl methyl sites for hydroxylation is 1. The van der Waals surface area contributed by atoms with Crippen LogP contribution in [0.25, 0.3) is 0 Å². The van der Waals surface area contributed by atoms with Gasteiger partial charge < -0.3 is 14.6 Å². The molecule has 6 heteroatoms. The predicted octanol–water partition coefficient (Wildman–Crippen LogP) is 2.41. The molecule has 130 valence electrons. The van der Waals surface area contributed by atoms with Crippen LogP contribution < -0.4 is 5.32 Å². The minimum atomic E-state index is -0.0876. The summed E-state index contributed by atoms with van der Waals surface area (Å²) in [5.74, 6) is 0.231. The highest BCUT2D eigenvalue weighted by atomic mass is 16.3. The molecule has 1 aliphatic heterocycles. The number of oxazole rings is 1. The largest absolute Gasteiger partial charge is 0.438 e. The number of hydrogen-bond acceptors (Lipinski definition) is 4. The van der Waals surface area contributed by atoms with E-state index in [0.29, 0.717) is 30.1 Å². The van der Waals surface area contributed by atoms with Gasteiger partial charge in [0.25, 0.3) is 11.8 Å². The van der Waals surface area contributed by atoms with Crippen molar-refractivity contribution < 1.29 is 14.0 Å². The van der Waals surface area contributed by atoms with E-state index in [9.17, 15) is 9.59 Å². The second-order valence-corrected chi connectivity index (χ2v) is 7.02. The number of piperidine rings is 1. The van der Waals surface area contributed by atoms with Gasteiger partial charge in [0.1, 0.15) is 0 Å². The van der Waals surface area contributed by atoms with E-state index in [2.05, 4.69) is 10.3 Å². The van der Waals surface area contributed by atoms with Gasteiger partial charge >= 0.3 is 0 Å². The van der Waals surface area contributed by atoms with E-state index >= 15 is 0 Å². The molecular formula is C19H21N3O3. The topological polar surface area (TPSA) is 75.4 Å². The van der Waals surface area contributed by atoms with Crippen molar-refractivity contribution in [2.75, 3.05) is 13.1 Å². The molecule has 2 amide bonds. The first-order valence-electron chi connectivity index (χ1n) is 8.64. The van der Waals surface area contributed by atoms with Gasteiger partial charge in [0.05, 0.1) is 5.69 Å². The summed E-state index contributed by atoms with van der Waals surface area (Å²) in [4.78, 5) is 30.6. The number of carbonyl (C=O) groups is 2. The average Bonchev–Trinajstić information content (AvgIpc) is 3.09. The molecule has 1 aromatic heterocycles. The quantitative estimate of drug-likeness (QED) is 0.932. The third-order valence-electron chi connectivity index (χ3n) is 5.52. The van der Waals surface area contributed by atoms with E-state index in [1.54, 1.807) is 6.92 Å². The average molecular weight is 339 g/mol. The van der Waals surface area contributed by atoms with Crippen molar-refractivity contribution >= 4 is 11.8 Å². The fourth-order valence-electron chi connectivity index (χ4n) is 3.74. The molecule has 4 rings (SSSR count). The molecule has 25 heavy (non-hydrogen) atoms. The second-order valence-electron chi connectivity index (χ2n) is 7.02. The molecule has 2 aromatic rings. The van der Waals surface area contributed by atoms with Crippen LogP contribution in [0.5, 0.6) is 0 Å². The van der Waals surface area contributed by atoms with Crippen LogP contribution in [-0.4, -0.2) is 40.8 Å². The Kier molecular flexibility index (Phi) is 3.82. The Hall–Kier alpha value is -2.63. The summed E-state index contributed by atoms with van der Waals surface area (Å²) in [6.07, 6.45) is 4.12. The fourth-order valence-corrected chi connectivity index (χ4v) is 3.74. The van der Waals surface area contributed by atoms with Crippen molar-refractivity contribution in [3.05, 3.63) is 53.7 Å². The van der Waals surface area contributed by atoms with Gasteiger partial charge in [-0.1, -0.05) is 18.2 Å². The van der Waals surface area contributed by atoms with Crippen molar-refractivity contribution in [1.29, 1.82) is 0 Å². The summed E-state index contributed by atoms with van der Waals surface area (Å²) in [6.45, 7) is 3.16. The number of likely N-dealkylation sites (tertiary alicyclic amines) is 1. The first-order valence-corrected chi connectivity index (χ1v) is 8.64. The molecule has 6 nitrogen and oxygen atoms in total. The monoisotopic (exact) mass is 339 g/mol. The van der Waals surface area contributed by atoms with Gasteiger partial charge in [-0.3, -0.25) is 9.59 Å². The Balaban J connectivity index is 1.33. The van der Waals surface area contributed by atoms with Crippen molar-refractivity contribution in [3.63, 3.8) is 0 Å². The summed E-state index contributed by atoms with van der Waals surface area (Å²) in [5, 5.41) is 3.14. The summed E-state index contributed by atoms with van der Waals surface area (Å²) in [7, 11) is 0. The predicted molar refractivity (Wildman–Crippen MR) is 91.1 cm³/mol. The number of carbonyl (C=O) groups excluding carboxylic acids is 2. The van der Waals surface area contributed by atoms with Crippen molar-refractivity contribution in [1.82, 2.24) is 15.2 Å². The Morgan fingerprint density at radius 2 is 1.96 bits per heavy atom. The smallest absolute Gasteiger partial charge is 0.291 e. The SMILES string of the molecule is Cc1ncoc1C(=O)N1CCC2(CC1)CC2NC(=O)c1ccccc1. The molecule has 1 aromatic carbocycles. The van der Waals surface area contributed by atoms with E-state index in [1.165, 1.54) is 6.39 Å². The van der Waals surface area contributed by atoms with Crippen molar-refractivity contribution in [3.8, 4) is 0 Å². The first-order chi connectivity index (χ1) is 12.1. The summed E-state index contributed by atoms with van der Waals surface area (Å²) < 4.78 is 5.21. The number of aromatic nitrogens is 1. The molecule has 1 aliphatic carbocycles. The Morgan fingerprint density at radius 3 is 2.60 bits per heavy atom. The Bertz CT molecular complexity index is 791. The number of rotatable bonds is 3. The molecular weight excluding hydrogens is 318 g/mol. The molecule has 1 atom stereocenters. The van der Waals surface area contributed by atoms with Crippen LogP contribution in [0, 0.1) is 12.3 Å². The van der Waals surface area contributed by atoms with E-state index in [0.717, 1.165) is 19.3 Å². The highest BCUT2D eigenvalue weighted by Gasteiger charge is 2.56. The lowest BCUT2D eigenvalue weighted by Crippen LogP contribution is -2.41. The molecule has 0 radical (unpaired) electrons. The maximum Gasteiger partial charge on any atom is 0.291 e. The number of nitrogens with one attached hydrogen (secondary N) is 1. The molecule has 1 spiro atoms. The van der Waals surface area contributed by atoms with Crippen molar-refractivity contribution in [2.45, 2.75) is 32.2 Å². The maximum absolute atomic E-state index is 12.5. The third kappa shape index (κ3) is 2.92. The van der Waals surface area contributed by atoms with E-state index in [4.69, 9.17) is 4.42 Å². The van der Waals surface area contributed by atoms with Gasteiger partial charge in [0.2, 0.25) is 5.76 Å². The second kappa shape index (κ2) is 6.02. The number of amides is 2. The van der Waals surface area contributed by atoms with Crippen LogP contribution in [0.15, 0.2) is 41.1 Å². The summed E-state index contributed by atoms with van der Waals surface area (Å²) >= 11 is 0. The lowest BCUT2D eigenvalue weighted by Gasteiger charge is -2.32. The van der Waals surface area contributed by atoms with Crippen molar-refractivity contribution in [2.24, 2.45) is 5.41 Å². The molecule has 2 heterocycles. The molecule has 0 bridgehead atoms. The van der Waals surface area contributed by atoms with Crippen LogP contribution in [-0.2, 0) is 0 Å². The summed E-state index contributed by atoms with van der Waals surface area (Å²) in [6, 6.07) is 9.50. The fraction of sp³-hybridized carbons (Fsp3) is 0.421. The van der Waals surface area contributed by atoms with Crippen LogP contribution in [0.2, 0.25) is 0 Å². The number of benzene rings is 1. The van der Waals surface area contributed by atoms with Gasteiger partial charge in [0, 0.05) is 24.7 Å². The number of nitrogens with zero attached hydrogens (tertiary/aromatic N) is 2. The highest BCUT2D eigenvalue weighted by Crippen LogP contribution is 2.54. The zero-order chi connectivity index (χ0) is 17.4. The maximum atomic E-state index is 12.5. The zero-order valence-electron chi connectivity index (χ0n) is 14.2. The van der Waals surface area contributed by atoms with Crippen LogP contribution in [0.1, 0.15) is 45.9 Å². The Morgan fingerprint density at radius 1 is 1.24 bits per heavy atom. The normalized spacial score (nSPS) is 21.2. The molecule has 1 N–H and O–H groups in total. The van der Waals surface area contributed by atoms with E-state index < -0.39 is 0 Å². The van der Waals surface area contributed by atoms with E-state index in [-0.39, 0.29) is 23.3 Å². The molecule has 2 aliphatic rings. The van der Waals surface area contributed by atoms with Gasteiger partial charge in [-0.25, -0.2) is 4.98 Å². The molecule has 2 fully saturated rings. The Labute approximate surface area is 146 Å². The minimum Gasteiger partial charge on any atom is -0.438 e. The summed E-state index contributed by atoms with van der Waals surface area (Å²) in [5.41, 5.74) is 1.47. The first kappa shape index (κ1) is 15.9.